The Balaban J connectivity index is 0.00000272. The summed E-state index contributed by atoms with van der Waals surface area (Å²) in [7, 11) is -6.28. The number of hydrogen-bond acceptors (Lipinski definition) is 2. The Bertz CT molecular complexity index is 1130. The van der Waals surface area contributed by atoms with Gasteiger partial charge in [-0.25, -0.2) is 0 Å². The van der Waals surface area contributed by atoms with Gasteiger partial charge >= 0.3 is 41.9 Å². The van der Waals surface area contributed by atoms with E-state index in [0.29, 0.717) is 15.9 Å². The van der Waals surface area contributed by atoms with Gasteiger partial charge in [0.1, 0.15) is 0 Å². The van der Waals surface area contributed by atoms with Crippen molar-refractivity contribution in [3.05, 3.63) is 83.9 Å². The fourth-order valence-electron chi connectivity index (χ4n) is 2.83. The number of halogens is 6. The standard InChI is InChI=1S/C20H13F6O3PS.Na.H/c21-19(22,23)13-4-8-15(9-5-13)30(16-10-6-14(7-11-16)20(24,25)26)17-2-1-3-18(12-17)31(27,28)29;;/h1-12H,(H,27,28,29);;/q;+1;-1. The fourth-order valence-corrected chi connectivity index (χ4v) is 5.74. The minimum atomic E-state index is -4.57. The molecule has 1 N–H and O–H groups in total. The van der Waals surface area contributed by atoms with E-state index in [0.717, 1.165) is 36.4 Å². The Labute approximate surface area is 204 Å². The van der Waals surface area contributed by atoms with Crippen molar-refractivity contribution in [3.63, 3.8) is 0 Å². The summed E-state index contributed by atoms with van der Waals surface area (Å²) in [5.74, 6) is 0. The molecular weight excluding hydrogens is 488 g/mol. The molecule has 0 saturated heterocycles. The average Bonchev–Trinajstić information content (AvgIpc) is 2.67. The minimum Gasteiger partial charge on any atom is -1.00 e. The van der Waals surface area contributed by atoms with Crippen LogP contribution in [0.5, 0.6) is 0 Å². The topological polar surface area (TPSA) is 54.4 Å². The van der Waals surface area contributed by atoms with E-state index in [1.54, 1.807) is 0 Å². The van der Waals surface area contributed by atoms with Crippen LogP contribution >= 0.6 is 7.92 Å². The molecule has 0 aromatic heterocycles. The van der Waals surface area contributed by atoms with Crippen molar-refractivity contribution in [3.8, 4) is 0 Å². The molecule has 0 aliphatic heterocycles. The van der Waals surface area contributed by atoms with E-state index in [4.69, 9.17) is 0 Å². The molecule has 3 nitrogen and oxygen atoms in total. The van der Waals surface area contributed by atoms with Crippen molar-refractivity contribution in [2.45, 2.75) is 17.2 Å². The van der Waals surface area contributed by atoms with Gasteiger partial charge in [0, 0.05) is 0 Å². The molecule has 166 valence electrons. The molecule has 3 aromatic rings. The zero-order valence-electron chi connectivity index (χ0n) is 17.3. The average molecular weight is 502 g/mol. The summed E-state index contributed by atoms with van der Waals surface area (Å²) >= 11 is 0. The second-order valence-corrected chi connectivity index (χ2v) is 10.0. The first kappa shape index (κ1) is 26.8. The number of hydrogen-bond donors (Lipinski definition) is 1. The molecule has 0 heterocycles. The van der Waals surface area contributed by atoms with Gasteiger partial charge in [0.2, 0.25) is 0 Å². The number of rotatable bonds is 4. The molecule has 0 atom stereocenters. The molecule has 0 spiro atoms. The summed E-state index contributed by atoms with van der Waals surface area (Å²) in [5, 5.41) is 1.04. The van der Waals surface area contributed by atoms with Gasteiger partial charge in [-0.05, 0) is 60.2 Å². The van der Waals surface area contributed by atoms with Gasteiger partial charge in [-0.2, -0.15) is 34.8 Å². The van der Waals surface area contributed by atoms with Crippen molar-refractivity contribution in [1.82, 2.24) is 0 Å². The summed E-state index contributed by atoms with van der Waals surface area (Å²) in [5.41, 5.74) is -1.80. The van der Waals surface area contributed by atoms with Crippen molar-refractivity contribution < 1.29 is 70.3 Å². The number of benzene rings is 3. The summed E-state index contributed by atoms with van der Waals surface area (Å²) < 4.78 is 110. The third-order valence-electron chi connectivity index (χ3n) is 4.28. The van der Waals surface area contributed by atoms with Gasteiger partial charge in [-0.1, -0.05) is 36.4 Å². The van der Waals surface area contributed by atoms with Crippen LogP contribution in [0.15, 0.2) is 77.7 Å². The first-order valence-corrected chi connectivity index (χ1v) is 11.3. The minimum absolute atomic E-state index is 0. The van der Waals surface area contributed by atoms with E-state index >= 15 is 0 Å². The molecule has 12 heteroatoms. The Morgan fingerprint density at radius 3 is 1.44 bits per heavy atom. The molecule has 0 amide bonds. The number of alkyl halides is 6. The molecule has 3 rings (SSSR count). The van der Waals surface area contributed by atoms with Crippen LogP contribution in [-0.2, 0) is 22.5 Å². The van der Waals surface area contributed by atoms with Gasteiger partial charge in [0.15, 0.2) is 0 Å². The molecular formula is C20H14F6NaO3PS. The quantitative estimate of drug-likeness (QED) is 0.257. The third-order valence-corrected chi connectivity index (χ3v) is 7.55. The maximum atomic E-state index is 12.9. The molecule has 0 aliphatic carbocycles. The normalized spacial score (nSPS) is 12.5. The predicted molar refractivity (Wildman–Crippen MR) is 106 cm³/mol. The summed E-state index contributed by atoms with van der Waals surface area (Å²) in [6.07, 6.45) is -9.14. The second kappa shape index (κ2) is 9.83. The largest absolute Gasteiger partial charge is 1.00 e. The van der Waals surface area contributed by atoms with Gasteiger partial charge < -0.3 is 1.43 Å². The Morgan fingerprint density at radius 2 is 1.09 bits per heavy atom. The Kier molecular flexibility index (Phi) is 8.24. The Morgan fingerprint density at radius 1 is 0.688 bits per heavy atom. The molecule has 32 heavy (non-hydrogen) atoms. The van der Waals surface area contributed by atoms with Crippen LogP contribution < -0.4 is 45.5 Å². The summed E-state index contributed by atoms with van der Waals surface area (Å²) in [6, 6.07) is 13.3. The van der Waals surface area contributed by atoms with Crippen LogP contribution in [-0.4, -0.2) is 13.0 Å². The molecule has 0 radical (unpaired) electrons. The molecule has 0 fully saturated rings. The maximum absolute atomic E-state index is 12.9. The fraction of sp³-hybridized carbons (Fsp3) is 0.100. The van der Waals surface area contributed by atoms with Crippen LogP contribution in [0, 0.1) is 0 Å². The van der Waals surface area contributed by atoms with Gasteiger partial charge in [0.25, 0.3) is 10.1 Å². The van der Waals surface area contributed by atoms with Crippen LogP contribution in [0.4, 0.5) is 26.3 Å². The summed E-state index contributed by atoms with van der Waals surface area (Å²) in [6.45, 7) is 0. The third kappa shape index (κ3) is 6.34. The van der Waals surface area contributed by atoms with Gasteiger partial charge in [-0.3, -0.25) is 4.55 Å². The molecule has 0 unspecified atom stereocenters. The first-order chi connectivity index (χ1) is 14.3. The van der Waals surface area contributed by atoms with E-state index in [1.165, 1.54) is 36.4 Å². The van der Waals surface area contributed by atoms with E-state index in [1.807, 2.05) is 0 Å². The van der Waals surface area contributed by atoms with Crippen LogP contribution in [0.2, 0.25) is 0 Å². The second-order valence-electron chi connectivity index (χ2n) is 6.40. The van der Waals surface area contributed by atoms with Crippen LogP contribution in [0.3, 0.4) is 0 Å². The van der Waals surface area contributed by atoms with E-state index in [-0.39, 0.29) is 31.0 Å². The zero-order valence-corrected chi connectivity index (χ0v) is 20.0. The van der Waals surface area contributed by atoms with Gasteiger partial charge in [0.05, 0.1) is 16.0 Å². The summed E-state index contributed by atoms with van der Waals surface area (Å²) in [4.78, 5) is -0.434. The molecule has 0 saturated carbocycles. The van der Waals surface area contributed by atoms with Crippen LogP contribution in [0.25, 0.3) is 0 Å². The van der Waals surface area contributed by atoms with Crippen molar-refractivity contribution in [2.75, 3.05) is 0 Å². The van der Waals surface area contributed by atoms with E-state index in [9.17, 15) is 39.3 Å². The van der Waals surface area contributed by atoms with Crippen molar-refractivity contribution in [2.24, 2.45) is 0 Å². The SMILES string of the molecule is O=S(=O)(O)c1cccc(P(c2ccc(C(F)(F)F)cc2)c2ccc(C(F)(F)F)cc2)c1.[H-].[Na+]. The zero-order chi connectivity index (χ0) is 23.0. The monoisotopic (exact) mass is 502 g/mol. The van der Waals surface area contributed by atoms with Crippen LogP contribution in [0.1, 0.15) is 12.6 Å². The van der Waals surface area contributed by atoms with Crippen molar-refractivity contribution >= 4 is 34.0 Å². The van der Waals surface area contributed by atoms with Crippen molar-refractivity contribution in [1.29, 1.82) is 0 Å². The molecule has 0 aliphatic rings. The Hall–Kier alpha value is -1.42. The van der Waals surface area contributed by atoms with E-state index in [2.05, 4.69) is 0 Å². The molecule has 0 bridgehead atoms. The molecule has 3 aromatic carbocycles. The maximum Gasteiger partial charge on any atom is 1.00 e. The van der Waals surface area contributed by atoms with E-state index < -0.39 is 46.4 Å². The van der Waals surface area contributed by atoms with Gasteiger partial charge in [-0.15, -0.1) is 0 Å². The smallest absolute Gasteiger partial charge is 1.00 e. The predicted octanol–water partition coefficient (Wildman–Crippen LogP) is 1.85. The first-order valence-electron chi connectivity index (χ1n) is 8.49.